The summed E-state index contributed by atoms with van der Waals surface area (Å²) in [6.45, 7) is 3.05. The molecule has 2 heteroatoms. The van der Waals surface area contributed by atoms with Crippen LogP contribution in [0.25, 0.3) is 16.6 Å². The Bertz CT molecular complexity index is 570. The Balaban J connectivity index is 2.23. The maximum Gasteiger partial charge on any atom is 0.0915 e. The Kier molecular flexibility index (Phi) is 2.13. The molecule has 0 spiro atoms. The first-order valence-corrected chi connectivity index (χ1v) is 5.71. The minimum Gasteiger partial charge on any atom is -0.379 e. The number of hydrogen-bond donors (Lipinski definition) is 1. The second kappa shape index (κ2) is 3.63. The van der Waals surface area contributed by atoms with E-state index in [1.54, 1.807) is 0 Å². The molecule has 2 aromatic rings. The summed E-state index contributed by atoms with van der Waals surface area (Å²) < 4.78 is 0. The van der Waals surface area contributed by atoms with E-state index in [-0.39, 0.29) is 0 Å². The standard InChI is InChI=1S/C14H14N2/c1-2-5-13-14-11(9-15-13)8-10-6-3-4-7-12(10)16-14/h3-8,15H,2,9H2,1H3/b13-5-. The summed E-state index contributed by atoms with van der Waals surface area (Å²) in [7, 11) is 0. The topological polar surface area (TPSA) is 24.9 Å². The zero-order valence-corrected chi connectivity index (χ0v) is 9.33. The molecule has 0 amide bonds. The van der Waals surface area contributed by atoms with Crippen molar-refractivity contribution in [2.24, 2.45) is 0 Å². The second-order valence-corrected chi connectivity index (χ2v) is 4.07. The number of para-hydroxylation sites is 1. The summed E-state index contributed by atoms with van der Waals surface area (Å²) in [6, 6.07) is 10.5. The number of benzene rings is 1. The largest absolute Gasteiger partial charge is 0.379 e. The average Bonchev–Trinajstić information content (AvgIpc) is 2.70. The highest BCUT2D eigenvalue weighted by atomic mass is 15.0. The lowest BCUT2D eigenvalue weighted by atomic mass is 10.1. The summed E-state index contributed by atoms with van der Waals surface area (Å²) >= 11 is 0. The Morgan fingerprint density at radius 3 is 3.12 bits per heavy atom. The van der Waals surface area contributed by atoms with Crippen LogP contribution in [0.4, 0.5) is 0 Å². The molecule has 0 saturated heterocycles. The Morgan fingerprint density at radius 2 is 2.25 bits per heavy atom. The molecule has 1 aromatic heterocycles. The predicted octanol–water partition coefficient (Wildman–Crippen LogP) is 3.09. The number of pyridine rings is 1. The van der Waals surface area contributed by atoms with Gasteiger partial charge in [0.2, 0.25) is 0 Å². The monoisotopic (exact) mass is 210 g/mol. The van der Waals surface area contributed by atoms with Crippen LogP contribution >= 0.6 is 0 Å². The lowest BCUT2D eigenvalue weighted by Crippen LogP contribution is -2.00. The molecule has 0 saturated carbocycles. The van der Waals surface area contributed by atoms with E-state index in [4.69, 9.17) is 4.98 Å². The molecule has 0 bridgehead atoms. The second-order valence-electron chi connectivity index (χ2n) is 4.07. The summed E-state index contributed by atoms with van der Waals surface area (Å²) in [6.07, 6.45) is 3.24. The van der Waals surface area contributed by atoms with Gasteiger partial charge in [0, 0.05) is 11.9 Å². The van der Waals surface area contributed by atoms with Gasteiger partial charge in [-0.15, -0.1) is 0 Å². The molecule has 2 nitrogen and oxygen atoms in total. The number of nitrogens with zero attached hydrogens (tertiary/aromatic N) is 1. The number of nitrogens with one attached hydrogen (secondary N) is 1. The number of fused-ring (bicyclic) bond motifs is 2. The van der Waals surface area contributed by atoms with Gasteiger partial charge in [0.05, 0.1) is 16.9 Å². The highest BCUT2D eigenvalue weighted by Gasteiger charge is 2.17. The fraction of sp³-hybridized carbons (Fsp3) is 0.214. The molecule has 0 atom stereocenters. The highest BCUT2D eigenvalue weighted by Crippen LogP contribution is 2.26. The molecule has 2 heterocycles. The van der Waals surface area contributed by atoms with Gasteiger partial charge in [-0.2, -0.15) is 0 Å². The molecule has 1 aliphatic heterocycles. The van der Waals surface area contributed by atoms with Crippen LogP contribution in [0, 0.1) is 0 Å². The van der Waals surface area contributed by atoms with Crippen LogP contribution in [-0.2, 0) is 6.54 Å². The molecule has 1 aliphatic rings. The van der Waals surface area contributed by atoms with Crippen molar-refractivity contribution in [3.63, 3.8) is 0 Å². The summed E-state index contributed by atoms with van der Waals surface area (Å²) in [4.78, 5) is 4.72. The first-order valence-electron chi connectivity index (χ1n) is 5.71. The van der Waals surface area contributed by atoms with Gasteiger partial charge in [-0.05, 0) is 24.1 Å². The van der Waals surface area contributed by atoms with Gasteiger partial charge in [0.15, 0.2) is 0 Å². The van der Waals surface area contributed by atoms with Crippen LogP contribution in [0.2, 0.25) is 0 Å². The third kappa shape index (κ3) is 1.38. The van der Waals surface area contributed by atoms with E-state index < -0.39 is 0 Å². The van der Waals surface area contributed by atoms with E-state index >= 15 is 0 Å². The fourth-order valence-corrected chi connectivity index (χ4v) is 2.17. The molecule has 1 N–H and O–H groups in total. The zero-order valence-electron chi connectivity index (χ0n) is 9.33. The Labute approximate surface area is 95.0 Å². The maximum atomic E-state index is 4.72. The third-order valence-electron chi connectivity index (χ3n) is 2.94. The van der Waals surface area contributed by atoms with Crippen LogP contribution in [0.1, 0.15) is 24.6 Å². The third-order valence-corrected chi connectivity index (χ3v) is 2.94. The van der Waals surface area contributed by atoms with E-state index in [1.165, 1.54) is 16.6 Å². The van der Waals surface area contributed by atoms with Gasteiger partial charge in [-0.25, -0.2) is 4.98 Å². The van der Waals surface area contributed by atoms with Crippen molar-refractivity contribution in [1.29, 1.82) is 0 Å². The van der Waals surface area contributed by atoms with Crippen LogP contribution in [0.15, 0.2) is 36.4 Å². The van der Waals surface area contributed by atoms with Gasteiger partial charge < -0.3 is 5.32 Å². The zero-order chi connectivity index (χ0) is 11.0. The van der Waals surface area contributed by atoms with Crippen LogP contribution in [0.5, 0.6) is 0 Å². The Hall–Kier alpha value is -1.83. The molecule has 0 aliphatic carbocycles. The molecule has 3 rings (SSSR count). The summed E-state index contributed by atoms with van der Waals surface area (Å²) in [5, 5.41) is 4.62. The van der Waals surface area contributed by atoms with Crippen molar-refractivity contribution in [1.82, 2.24) is 10.3 Å². The molecule has 80 valence electrons. The number of rotatable bonds is 1. The van der Waals surface area contributed by atoms with Gasteiger partial charge in [0.1, 0.15) is 0 Å². The first-order chi connectivity index (χ1) is 7.88. The Morgan fingerprint density at radius 1 is 1.38 bits per heavy atom. The van der Waals surface area contributed by atoms with Gasteiger partial charge in [-0.3, -0.25) is 0 Å². The van der Waals surface area contributed by atoms with Crippen molar-refractivity contribution in [2.45, 2.75) is 19.9 Å². The summed E-state index contributed by atoms with van der Waals surface area (Å²) in [5.74, 6) is 0. The summed E-state index contributed by atoms with van der Waals surface area (Å²) in [5.41, 5.74) is 4.69. The molecule has 0 radical (unpaired) electrons. The minimum atomic E-state index is 0.902. The SMILES string of the molecule is CC/C=C1\NCc2cc3ccccc3nc21. The van der Waals surface area contributed by atoms with Crippen LogP contribution in [0.3, 0.4) is 0 Å². The highest BCUT2D eigenvalue weighted by molar-refractivity contribution is 5.83. The molecule has 0 unspecified atom stereocenters. The van der Waals surface area contributed by atoms with E-state index in [0.29, 0.717) is 0 Å². The van der Waals surface area contributed by atoms with Crippen molar-refractivity contribution in [3.05, 3.63) is 47.7 Å². The van der Waals surface area contributed by atoms with Crippen molar-refractivity contribution >= 4 is 16.6 Å². The van der Waals surface area contributed by atoms with Crippen molar-refractivity contribution < 1.29 is 0 Å². The number of aromatic nitrogens is 1. The maximum absolute atomic E-state index is 4.72. The quantitative estimate of drug-likeness (QED) is 0.782. The van der Waals surface area contributed by atoms with E-state index in [1.807, 2.05) is 6.07 Å². The molecular weight excluding hydrogens is 196 g/mol. The van der Waals surface area contributed by atoms with E-state index in [2.05, 4.69) is 42.6 Å². The molecule has 1 aromatic carbocycles. The van der Waals surface area contributed by atoms with Crippen LogP contribution in [-0.4, -0.2) is 4.98 Å². The lowest BCUT2D eigenvalue weighted by Gasteiger charge is -2.02. The number of hydrogen-bond acceptors (Lipinski definition) is 2. The van der Waals surface area contributed by atoms with Crippen LogP contribution < -0.4 is 5.32 Å². The van der Waals surface area contributed by atoms with Gasteiger partial charge in [-0.1, -0.05) is 31.2 Å². The minimum absolute atomic E-state index is 0.902. The van der Waals surface area contributed by atoms with Crippen molar-refractivity contribution in [2.75, 3.05) is 0 Å². The number of allylic oxidation sites excluding steroid dienone is 1. The van der Waals surface area contributed by atoms with E-state index in [0.717, 1.165) is 24.2 Å². The molecule has 16 heavy (non-hydrogen) atoms. The predicted molar refractivity (Wildman–Crippen MR) is 66.9 cm³/mol. The van der Waals surface area contributed by atoms with Gasteiger partial charge >= 0.3 is 0 Å². The average molecular weight is 210 g/mol. The molecular formula is C14H14N2. The first kappa shape index (κ1) is 9.40. The molecule has 0 fully saturated rings. The fourth-order valence-electron chi connectivity index (χ4n) is 2.17. The lowest BCUT2D eigenvalue weighted by molar-refractivity contribution is 0.940. The van der Waals surface area contributed by atoms with E-state index in [9.17, 15) is 0 Å². The van der Waals surface area contributed by atoms with Gasteiger partial charge in [0.25, 0.3) is 0 Å². The van der Waals surface area contributed by atoms with Crippen molar-refractivity contribution in [3.8, 4) is 0 Å². The smallest absolute Gasteiger partial charge is 0.0915 e. The normalized spacial score (nSPS) is 16.4.